The highest BCUT2D eigenvalue weighted by molar-refractivity contribution is 4.79. The third kappa shape index (κ3) is 4.10. The van der Waals surface area contributed by atoms with Crippen molar-refractivity contribution >= 4 is 0 Å². The Morgan fingerprint density at radius 1 is 1.15 bits per heavy atom. The summed E-state index contributed by atoms with van der Waals surface area (Å²) in [6, 6.07) is 0. The van der Waals surface area contributed by atoms with Crippen LogP contribution in [-0.2, 0) is 0 Å². The van der Waals surface area contributed by atoms with Gasteiger partial charge in [0.2, 0.25) is 0 Å². The lowest BCUT2D eigenvalue weighted by atomic mass is 9.92. The normalized spacial score (nSPS) is 21.7. The molecule has 0 bridgehead atoms. The summed E-state index contributed by atoms with van der Waals surface area (Å²) in [5.74, 6) is 0. The Labute approximate surface area is 81.7 Å². The zero-order valence-electron chi connectivity index (χ0n) is 8.81. The van der Waals surface area contributed by atoms with Crippen molar-refractivity contribution < 1.29 is 5.11 Å². The number of aliphatic hydroxyl groups is 1. The summed E-state index contributed by atoms with van der Waals surface area (Å²) in [5, 5.41) is 13.3. The van der Waals surface area contributed by atoms with Crippen molar-refractivity contribution in [2.75, 3.05) is 6.54 Å². The van der Waals surface area contributed by atoms with E-state index in [4.69, 9.17) is 0 Å². The van der Waals surface area contributed by atoms with Gasteiger partial charge in [0.15, 0.2) is 0 Å². The number of hydrogen-bond acceptors (Lipinski definition) is 2. The average Bonchev–Trinajstić information content (AvgIpc) is 2.14. The van der Waals surface area contributed by atoms with Gasteiger partial charge in [-0.1, -0.05) is 26.2 Å². The second kappa shape index (κ2) is 5.61. The summed E-state index contributed by atoms with van der Waals surface area (Å²) >= 11 is 0. The maximum absolute atomic E-state index is 10.1. The first-order valence-electron chi connectivity index (χ1n) is 5.74. The van der Waals surface area contributed by atoms with Gasteiger partial charge in [-0.15, -0.1) is 0 Å². The van der Waals surface area contributed by atoms with Crippen molar-refractivity contribution in [3.63, 3.8) is 0 Å². The van der Waals surface area contributed by atoms with Crippen LogP contribution in [0.25, 0.3) is 0 Å². The van der Waals surface area contributed by atoms with E-state index in [1.54, 1.807) is 0 Å². The van der Waals surface area contributed by atoms with Crippen LogP contribution in [0, 0.1) is 0 Å². The molecule has 1 aliphatic rings. The Kier molecular flexibility index (Phi) is 4.74. The fourth-order valence-electron chi connectivity index (χ4n) is 2.01. The molecule has 2 N–H and O–H groups in total. The Morgan fingerprint density at radius 2 is 1.85 bits per heavy atom. The second-order valence-electron chi connectivity index (χ2n) is 4.23. The fourth-order valence-corrected chi connectivity index (χ4v) is 2.01. The van der Waals surface area contributed by atoms with Gasteiger partial charge in [-0.05, 0) is 38.6 Å². The largest absolute Gasteiger partial charge is 0.376 e. The minimum absolute atomic E-state index is 0.522. The van der Waals surface area contributed by atoms with E-state index >= 15 is 0 Å². The maximum Gasteiger partial charge on any atom is 0.116 e. The van der Waals surface area contributed by atoms with E-state index < -0.39 is 5.72 Å². The average molecular weight is 185 g/mol. The molecule has 13 heavy (non-hydrogen) atoms. The van der Waals surface area contributed by atoms with Gasteiger partial charge in [-0.3, -0.25) is 5.32 Å². The smallest absolute Gasteiger partial charge is 0.116 e. The monoisotopic (exact) mass is 185 g/mol. The van der Waals surface area contributed by atoms with E-state index in [0.717, 1.165) is 19.4 Å². The van der Waals surface area contributed by atoms with Crippen LogP contribution in [0.15, 0.2) is 0 Å². The molecule has 78 valence electrons. The summed E-state index contributed by atoms with van der Waals surface area (Å²) in [4.78, 5) is 0. The molecule has 1 aliphatic carbocycles. The molecule has 2 nitrogen and oxygen atoms in total. The van der Waals surface area contributed by atoms with Gasteiger partial charge in [0.1, 0.15) is 5.72 Å². The van der Waals surface area contributed by atoms with Gasteiger partial charge in [0.05, 0.1) is 0 Å². The minimum Gasteiger partial charge on any atom is -0.376 e. The maximum atomic E-state index is 10.1. The van der Waals surface area contributed by atoms with Gasteiger partial charge in [-0.25, -0.2) is 0 Å². The Balaban J connectivity index is 2.10. The molecule has 1 saturated carbocycles. The minimum atomic E-state index is -0.522. The Morgan fingerprint density at radius 3 is 2.46 bits per heavy atom. The summed E-state index contributed by atoms with van der Waals surface area (Å²) in [7, 11) is 0. The molecule has 0 aliphatic heterocycles. The van der Waals surface area contributed by atoms with Crippen molar-refractivity contribution in [2.24, 2.45) is 0 Å². The van der Waals surface area contributed by atoms with Gasteiger partial charge in [-0.2, -0.15) is 0 Å². The molecule has 0 spiro atoms. The zero-order valence-corrected chi connectivity index (χ0v) is 8.81. The van der Waals surface area contributed by atoms with Crippen LogP contribution in [-0.4, -0.2) is 17.4 Å². The topological polar surface area (TPSA) is 32.3 Å². The molecule has 0 unspecified atom stereocenters. The molecule has 0 atom stereocenters. The van der Waals surface area contributed by atoms with E-state index in [9.17, 15) is 5.11 Å². The molecule has 1 rings (SSSR count). The lowest BCUT2D eigenvalue weighted by Gasteiger charge is -2.33. The number of hydrogen-bond donors (Lipinski definition) is 2. The van der Waals surface area contributed by atoms with Crippen molar-refractivity contribution in [1.82, 2.24) is 5.32 Å². The molecule has 0 aromatic heterocycles. The van der Waals surface area contributed by atoms with Crippen LogP contribution in [0.4, 0.5) is 0 Å². The molecular formula is C11H23NO. The molecule has 0 radical (unpaired) electrons. The van der Waals surface area contributed by atoms with Gasteiger partial charge in [0, 0.05) is 0 Å². The molecule has 2 heteroatoms. The van der Waals surface area contributed by atoms with Crippen LogP contribution in [0.2, 0.25) is 0 Å². The highest BCUT2D eigenvalue weighted by atomic mass is 16.3. The molecular weight excluding hydrogens is 162 g/mol. The van der Waals surface area contributed by atoms with Crippen molar-refractivity contribution in [3.8, 4) is 0 Å². The van der Waals surface area contributed by atoms with Gasteiger partial charge < -0.3 is 5.11 Å². The van der Waals surface area contributed by atoms with Gasteiger partial charge in [0.25, 0.3) is 0 Å². The lowest BCUT2D eigenvalue weighted by molar-refractivity contribution is -0.0277. The highest BCUT2D eigenvalue weighted by Gasteiger charge is 2.27. The number of nitrogens with one attached hydrogen (secondary N) is 1. The third-order valence-corrected chi connectivity index (χ3v) is 2.92. The zero-order chi connectivity index (χ0) is 9.57. The van der Waals surface area contributed by atoms with Crippen molar-refractivity contribution in [2.45, 2.75) is 64.0 Å². The van der Waals surface area contributed by atoms with Crippen molar-refractivity contribution in [3.05, 3.63) is 0 Å². The quantitative estimate of drug-likeness (QED) is 0.509. The summed E-state index contributed by atoms with van der Waals surface area (Å²) in [6.07, 6.45) is 9.24. The first kappa shape index (κ1) is 11.0. The summed E-state index contributed by atoms with van der Waals surface area (Å²) in [6.45, 7) is 3.18. The Hall–Kier alpha value is -0.0800. The van der Waals surface area contributed by atoms with E-state index in [-0.39, 0.29) is 0 Å². The predicted octanol–water partition coefficient (Wildman–Crippen LogP) is 2.42. The third-order valence-electron chi connectivity index (χ3n) is 2.92. The molecule has 1 fully saturated rings. The van der Waals surface area contributed by atoms with Crippen LogP contribution in [0.3, 0.4) is 0 Å². The predicted molar refractivity (Wildman–Crippen MR) is 55.6 cm³/mol. The van der Waals surface area contributed by atoms with E-state index in [1.807, 2.05) is 0 Å². The molecule has 0 heterocycles. The molecule has 0 amide bonds. The van der Waals surface area contributed by atoms with E-state index in [2.05, 4.69) is 12.2 Å². The summed E-state index contributed by atoms with van der Waals surface area (Å²) in [5.41, 5.74) is -0.522. The summed E-state index contributed by atoms with van der Waals surface area (Å²) < 4.78 is 0. The Bertz CT molecular complexity index is 130. The van der Waals surface area contributed by atoms with Crippen LogP contribution in [0.1, 0.15) is 58.3 Å². The van der Waals surface area contributed by atoms with Gasteiger partial charge >= 0.3 is 0 Å². The SMILES string of the molecule is CCCCCNC1(O)CCCCC1. The number of unbranched alkanes of at least 4 members (excludes halogenated alkanes) is 2. The first-order chi connectivity index (χ1) is 6.27. The van der Waals surface area contributed by atoms with Crippen LogP contribution < -0.4 is 5.32 Å². The van der Waals surface area contributed by atoms with E-state index in [0.29, 0.717) is 0 Å². The van der Waals surface area contributed by atoms with Crippen LogP contribution in [0.5, 0.6) is 0 Å². The second-order valence-corrected chi connectivity index (χ2v) is 4.23. The van der Waals surface area contributed by atoms with Crippen molar-refractivity contribution in [1.29, 1.82) is 0 Å². The molecule has 0 aromatic carbocycles. The molecule has 0 saturated heterocycles. The van der Waals surface area contributed by atoms with E-state index in [1.165, 1.54) is 38.5 Å². The lowest BCUT2D eigenvalue weighted by Crippen LogP contribution is -2.46. The number of rotatable bonds is 5. The fraction of sp³-hybridized carbons (Fsp3) is 1.00. The standard InChI is InChI=1S/C11H23NO/c1-2-3-7-10-12-11(13)8-5-4-6-9-11/h12-13H,2-10H2,1H3. The highest BCUT2D eigenvalue weighted by Crippen LogP contribution is 2.25. The molecule has 0 aromatic rings. The van der Waals surface area contributed by atoms with Crippen LogP contribution >= 0.6 is 0 Å². The first-order valence-corrected chi connectivity index (χ1v) is 5.74.